The minimum atomic E-state index is -0.151. The van der Waals surface area contributed by atoms with Crippen molar-refractivity contribution in [3.05, 3.63) is 42.3 Å². The first kappa shape index (κ1) is 16.2. The Bertz CT molecular complexity index is 607. The lowest BCUT2D eigenvalue weighted by atomic mass is 10.0. The van der Waals surface area contributed by atoms with Crippen molar-refractivity contribution < 1.29 is 9.21 Å². The molecule has 1 heterocycles. The third kappa shape index (κ3) is 3.95. The molecule has 118 valence electrons. The lowest BCUT2D eigenvalue weighted by molar-refractivity contribution is 0.0783. The van der Waals surface area contributed by atoms with Crippen molar-refractivity contribution in [1.82, 2.24) is 9.88 Å². The molecule has 0 saturated heterocycles. The zero-order valence-corrected chi connectivity index (χ0v) is 13.3. The van der Waals surface area contributed by atoms with Gasteiger partial charge in [0.25, 0.3) is 5.91 Å². The lowest BCUT2D eigenvalue weighted by Crippen LogP contribution is -2.34. The summed E-state index contributed by atoms with van der Waals surface area (Å²) in [5.74, 6) is 0.707. The maximum Gasteiger partial charge on any atom is 0.275 e. The van der Waals surface area contributed by atoms with Gasteiger partial charge in [-0.2, -0.15) is 0 Å². The van der Waals surface area contributed by atoms with E-state index >= 15 is 0 Å². The fourth-order valence-corrected chi connectivity index (χ4v) is 2.06. The summed E-state index contributed by atoms with van der Waals surface area (Å²) in [7, 11) is 1.76. The molecule has 1 aromatic carbocycles. The molecule has 0 saturated carbocycles. The van der Waals surface area contributed by atoms with Crippen LogP contribution in [0.2, 0.25) is 0 Å². The second-order valence-corrected chi connectivity index (χ2v) is 5.83. The number of rotatable bonds is 6. The van der Waals surface area contributed by atoms with Gasteiger partial charge < -0.3 is 15.1 Å². The summed E-state index contributed by atoms with van der Waals surface area (Å²) in [6, 6.07) is 9.61. The minimum absolute atomic E-state index is 0.0902. The molecule has 2 aromatic rings. The van der Waals surface area contributed by atoms with E-state index in [1.54, 1.807) is 11.9 Å². The van der Waals surface area contributed by atoms with Crippen LogP contribution in [0.5, 0.6) is 0 Å². The molecule has 2 N–H and O–H groups in total. The maximum absolute atomic E-state index is 12.3. The number of oxazole rings is 1. The highest BCUT2D eigenvalue weighted by Crippen LogP contribution is 2.18. The average molecular weight is 301 g/mol. The fourth-order valence-electron chi connectivity index (χ4n) is 2.06. The number of hydrogen-bond acceptors (Lipinski definition) is 4. The van der Waals surface area contributed by atoms with E-state index in [1.165, 1.54) is 6.26 Å². The fraction of sp³-hybridized carbons (Fsp3) is 0.412. The molecule has 0 aliphatic carbocycles. The summed E-state index contributed by atoms with van der Waals surface area (Å²) in [5.41, 5.74) is 7.18. The first-order valence-corrected chi connectivity index (χ1v) is 7.51. The molecule has 0 aliphatic rings. The molecule has 1 unspecified atom stereocenters. The molecule has 0 aliphatic heterocycles. The summed E-state index contributed by atoms with van der Waals surface area (Å²) in [6.07, 6.45) is 2.17. The molecule has 5 nitrogen and oxygen atoms in total. The van der Waals surface area contributed by atoms with E-state index in [1.807, 2.05) is 30.3 Å². The lowest BCUT2D eigenvalue weighted by Gasteiger charge is -2.20. The molecule has 22 heavy (non-hydrogen) atoms. The second-order valence-electron chi connectivity index (χ2n) is 5.83. The molecule has 0 fully saturated rings. The highest BCUT2D eigenvalue weighted by molar-refractivity contribution is 5.92. The van der Waals surface area contributed by atoms with Crippen molar-refractivity contribution in [3.63, 3.8) is 0 Å². The van der Waals surface area contributed by atoms with Gasteiger partial charge in [-0.05, 0) is 24.5 Å². The van der Waals surface area contributed by atoms with E-state index in [9.17, 15) is 4.79 Å². The summed E-state index contributed by atoms with van der Waals surface area (Å²) in [4.78, 5) is 18.2. The van der Waals surface area contributed by atoms with Crippen LogP contribution in [0.4, 0.5) is 0 Å². The van der Waals surface area contributed by atoms with Gasteiger partial charge in [0.1, 0.15) is 6.26 Å². The van der Waals surface area contributed by atoms with Crippen LogP contribution in [-0.4, -0.2) is 35.4 Å². The largest absolute Gasteiger partial charge is 0.444 e. The van der Waals surface area contributed by atoms with Gasteiger partial charge in [-0.25, -0.2) is 4.98 Å². The Kier molecular flexibility index (Phi) is 5.33. The van der Waals surface area contributed by atoms with Gasteiger partial charge in [0.2, 0.25) is 5.89 Å². The Morgan fingerprint density at radius 2 is 2.00 bits per heavy atom. The number of carbonyl (C=O) groups is 1. The SMILES string of the molecule is CC(C)C(N)CCN(C)C(=O)c1coc(-c2ccccc2)n1. The van der Waals surface area contributed by atoms with Gasteiger partial charge in [-0.3, -0.25) is 4.79 Å². The van der Waals surface area contributed by atoms with E-state index < -0.39 is 0 Å². The van der Waals surface area contributed by atoms with Crippen LogP contribution in [0.3, 0.4) is 0 Å². The Morgan fingerprint density at radius 3 is 2.64 bits per heavy atom. The van der Waals surface area contributed by atoms with Crippen molar-refractivity contribution in [3.8, 4) is 11.5 Å². The molecule has 1 aromatic heterocycles. The van der Waals surface area contributed by atoms with Crippen LogP contribution in [-0.2, 0) is 0 Å². The molecule has 5 heteroatoms. The Labute approximate surface area is 131 Å². The molecule has 0 radical (unpaired) electrons. The quantitative estimate of drug-likeness (QED) is 0.890. The van der Waals surface area contributed by atoms with Gasteiger partial charge >= 0.3 is 0 Å². The summed E-state index contributed by atoms with van der Waals surface area (Å²) >= 11 is 0. The Balaban J connectivity index is 2.00. The smallest absolute Gasteiger partial charge is 0.275 e. The normalized spacial score (nSPS) is 12.4. The van der Waals surface area contributed by atoms with Crippen LogP contribution < -0.4 is 5.73 Å². The molecular formula is C17H23N3O2. The van der Waals surface area contributed by atoms with Crippen LogP contribution >= 0.6 is 0 Å². The Hall–Kier alpha value is -2.14. The first-order chi connectivity index (χ1) is 10.5. The highest BCUT2D eigenvalue weighted by Gasteiger charge is 2.18. The third-order valence-electron chi connectivity index (χ3n) is 3.74. The molecule has 0 spiro atoms. The van der Waals surface area contributed by atoms with E-state index in [0.717, 1.165) is 12.0 Å². The number of aromatic nitrogens is 1. The summed E-state index contributed by atoms with van der Waals surface area (Å²) in [5, 5.41) is 0. The van der Waals surface area contributed by atoms with Crippen molar-refractivity contribution in [1.29, 1.82) is 0 Å². The average Bonchev–Trinajstić information content (AvgIpc) is 3.02. The van der Waals surface area contributed by atoms with E-state index in [-0.39, 0.29) is 11.9 Å². The van der Waals surface area contributed by atoms with Crippen LogP contribution in [0.25, 0.3) is 11.5 Å². The van der Waals surface area contributed by atoms with E-state index in [0.29, 0.717) is 24.0 Å². The number of benzene rings is 1. The van der Waals surface area contributed by atoms with Crippen molar-refractivity contribution in [2.75, 3.05) is 13.6 Å². The van der Waals surface area contributed by atoms with Crippen LogP contribution in [0.1, 0.15) is 30.8 Å². The van der Waals surface area contributed by atoms with Crippen molar-refractivity contribution >= 4 is 5.91 Å². The predicted molar refractivity (Wildman–Crippen MR) is 86.3 cm³/mol. The standard InChI is InChI=1S/C17H23N3O2/c1-12(2)14(18)9-10-20(3)17(21)15-11-22-16(19-15)13-7-5-4-6-8-13/h4-8,11-12,14H,9-10,18H2,1-3H3. The first-order valence-electron chi connectivity index (χ1n) is 7.51. The zero-order valence-electron chi connectivity index (χ0n) is 13.3. The topological polar surface area (TPSA) is 72.4 Å². The zero-order chi connectivity index (χ0) is 16.1. The molecule has 1 amide bonds. The van der Waals surface area contributed by atoms with Gasteiger partial charge in [-0.15, -0.1) is 0 Å². The van der Waals surface area contributed by atoms with Crippen LogP contribution in [0.15, 0.2) is 41.0 Å². The number of carbonyl (C=O) groups excluding carboxylic acids is 1. The predicted octanol–water partition coefficient (Wildman–Crippen LogP) is 2.79. The van der Waals surface area contributed by atoms with E-state index in [4.69, 9.17) is 10.2 Å². The Morgan fingerprint density at radius 1 is 1.32 bits per heavy atom. The van der Waals surface area contributed by atoms with Gasteiger partial charge in [0, 0.05) is 25.2 Å². The third-order valence-corrected chi connectivity index (χ3v) is 3.74. The summed E-state index contributed by atoms with van der Waals surface area (Å²) < 4.78 is 5.40. The van der Waals surface area contributed by atoms with Crippen molar-refractivity contribution in [2.24, 2.45) is 11.7 Å². The number of nitrogens with two attached hydrogens (primary N) is 1. The maximum atomic E-state index is 12.3. The number of hydrogen-bond donors (Lipinski definition) is 1. The van der Waals surface area contributed by atoms with Gasteiger partial charge in [-0.1, -0.05) is 32.0 Å². The van der Waals surface area contributed by atoms with Crippen molar-refractivity contribution in [2.45, 2.75) is 26.3 Å². The highest BCUT2D eigenvalue weighted by atomic mass is 16.3. The van der Waals surface area contributed by atoms with E-state index in [2.05, 4.69) is 18.8 Å². The number of amides is 1. The van der Waals surface area contributed by atoms with Crippen LogP contribution in [0, 0.1) is 5.92 Å². The van der Waals surface area contributed by atoms with Gasteiger partial charge in [0.15, 0.2) is 5.69 Å². The number of nitrogens with zero attached hydrogens (tertiary/aromatic N) is 2. The van der Waals surface area contributed by atoms with Gasteiger partial charge in [0.05, 0.1) is 0 Å². The molecular weight excluding hydrogens is 278 g/mol. The molecule has 2 rings (SSSR count). The summed E-state index contributed by atoms with van der Waals surface area (Å²) in [6.45, 7) is 4.76. The molecule has 1 atom stereocenters. The minimum Gasteiger partial charge on any atom is -0.444 e. The second kappa shape index (κ2) is 7.22. The monoisotopic (exact) mass is 301 g/mol. The molecule has 0 bridgehead atoms.